The van der Waals surface area contributed by atoms with Gasteiger partial charge in [0, 0.05) is 49.1 Å². The SMILES string of the molecule is C=N/C=C\c1nc(-c2cnc(N(C)C)nc2)n(-c2ccc(Cl)cc2)c1C. The van der Waals surface area contributed by atoms with Gasteiger partial charge in [0.1, 0.15) is 5.82 Å². The minimum absolute atomic E-state index is 0.644. The molecule has 0 radical (unpaired) electrons. The fourth-order valence-electron chi connectivity index (χ4n) is 2.57. The molecule has 0 atom stereocenters. The van der Waals surface area contributed by atoms with Crippen LogP contribution in [0.1, 0.15) is 11.4 Å². The molecule has 2 aromatic heterocycles. The van der Waals surface area contributed by atoms with Crippen LogP contribution in [0.5, 0.6) is 0 Å². The van der Waals surface area contributed by atoms with Crippen LogP contribution in [0.15, 0.2) is 47.9 Å². The Kier molecular flexibility index (Phi) is 5.14. The summed E-state index contributed by atoms with van der Waals surface area (Å²) < 4.78 is 2.05. The summed E-state index contributed by atoms with van der Waals surface area (Å²) in [5.41, 5.74) is 3.55. The van der Waals surface area contributed by atoms with Crippen LogP contribution in [0.2, 0.25) is 5.02 Å². The van der Waals surface area contributed by atoms with E-state index in [1.54, 1.807) is 18.6 Å². The van der Waals surface area contributed by atoms with Crippen molar-refractivity contribution < 1.29 is 0 Å². The predicted molar refractivity (Wildman–Crippen MR) is 107 cm³/mol. The topological polar surface area (TPSA) is 59.2 Å². The molecule has 0 bridgehead atoms. The normalized spacial score (nSPS) is 11.1. The van der Waals surface area contributed by atoms with E-state index in [1.165, 1.54) is 0 Å². The molecule has 0 aliphatic heterocycles. The van der Waals surface area contributed by atoms with E-state index in [-0.39, 0.29) is 0 Å². The maximum Gasteiger partial charge on any atom is 0.224 e. The van der Waals surface area contributed by atoms with E-state index < -0.39 is 0 Å². The van der Waals surface area contributed by atoms with Crippen LogP contribution >= 0.6 is 11.6 Å². The Morgan fingerprint density at radius 2 is 1.81 bits per heavy atom. The maximum atomic E-state index is 6.04. The fraction of sp³-hybridized carbons (Fsp3) is 0.158. The highest BCUT2D eigenvalue weighted by Gasteiger charge is 2.16. The summed E-state index contributed by atoms with van der Waals surface area (Å²) in [4.78, 5) is 19.2. The van der Waals surface area contributed by atoms with Gasteiger partial charge in [-0.15, -0.1) is 0 Å². The van der Waals surface area contributed by atoms with Gasteiger partial charge in [-0.05, 0) is 44.0 Å². The highest BCUT2D eigenvalue weighted by Crippen LogP contribution is 2.27. The van der Waals surface area contributed by atoms with Crippen molar-refractivity contribution in [2.75, 3.05) is 19.0 Å². The quantitative estimate of drug-likeness (QED) is 0.640. The number of halogens is 1. The van der Waals surface area contributed by atoms with E-state index in [2.05, 4.69) is 21.7 Å². The molecule has 26 heavy (non-hydrogen) atoms. The third-order valence-corrected chi connectivity index (χ3v) is 4.12. The van der Waals surface area contributed by atoms with Crippen LogP contribution in [0.4, 0.5) is 5.95 Å². The predicted octanol–water partition coefficient (Wildman–Crippen LogP) is 4.03. The molecular formula is C19H19ClN6. The first-order valence-electron chi connectivity index (χ1n) is 7.98. The number of hydrogen-bond donors (Lipinski definition) is 0. The zero-order chi connectivity index (χ0) is 18.7. The number of aromatic nitrogens is 4. The van der Waals surface area contributed by atoms with Gasteiger partial charge < -0.3 is 4.90 Å². The molecule has 0 saturated carbocycles. The molecule has 0 amide bonds. The lowest BCUT2D eigenvalue weighted by atomic mass is 10.2. The first-order valence-corrected chi connectivity index (χ1v) is 8.36. The second kappa shape index (κ2) is 7.49. The lowest BCUT2D eigenvalue weighted by Gasteiger charge is -2.12. The Bertz CT molecular complexity index is 939. The van der Waals surface area contributed by atoms with E-state index in [0.29, 0.717) is 11.0 Å². The van der Waals surface area contributed by atoms with Gasteiger partial charge in [0.15, 0.2) is 0 Å². The van der Waals surface area contributed by atoms with Crippen molar-refractivity contribution in [3.8, 4) is 17.1 Å². The second-order valence-electron chi connectivity index (χ2n) is 5.88. The van der Waals surface area contributed by atoms with Crippen LogP contribution in [0.25, 0.3) is 23.2 Å². The van der Waals surface area contributed by atoms with Crippen molar-refractivity contribution in [3.63, 3.8) is 0 Å². The molecule has 0 spiro atoms. The Hall–Kier alpha value is -2.99. The lowest BCUT2D eigenvalue weighted by molar-refractivity contribution is 0.981. The van der Waals surface area contributed by atoms with Gasteiger partial charge >= 0.3 is 0 Å². The molecule has 3 aromatic rings. The standard InChI is InChI=1S/C19H19ClN6/c1-13-17(9-10-21-2)24-18(14-11-22-19(23-12-14)25(3)4)26(13)16-7-5-15(20)6-8-16/h5-12H,2H2,1,3-4H3/b10-9-. The molecule has 1 aromatic carbocycles. The molecule has 0 N–H and O–H groups in total. The molecule has 6 nitrogen and oxygen atoms in total. The van der Waals surface area contributed by atoms with Crippen LogP contribution in [-0.4, -0.2) is 40.3 Å². The monoisotopic (exact) mass is 366 g/mol. The molecule has 0 saturated heterocycles. The summed E-state index contributed by atoms with van der Waals surface area (Å²) in [6.45, 7) is 5.48. The van der Waals surface area contributed by atoms with Gasteiger partial charge in [0.2, 0.25) is 5.95 Å². The molecule has 0 unspecified atom stereocenters. The molecule has 0 aliphatic carbocycles. The molecule has 0 fully saturated rings. The Labute approximate surface area is 157 Å². The summed E-state index contributed by atoms with van der Waals surface area (Å²) in [5.74, 6) is 1.39. The van der Waals surface area contributed by atoms with Crippen molar-refractivity contribution in [2.45, 2.75) is 6.92 Å². The summed E-state index contributed by atoms with van der Waals surface area (Å²) in [5, 5.41) is 0.683. The number of rotatable bonds is 5. The maximum absolute atomic E-state index is 6.04. The first kappa shape index (κ1) is 17.8. The third kappa shape index (κ3) is 3.50. The fourth-order valence-corrected chi connectivity index (χ4v) is 2.69. The molecule has 132 valence electrons. The third-order valence-electron chi connectivity index (χ3n) is 3.86. The van der Waals surface area contributed by atoms with E-state index in [1.807, 2.05) is 60.8 Å². The van der Waals surface area contributed by atoms with Crippen molar-refractivity contribution >= 4 is 30.3 Å². The summed E-state index contributed by atoms with van der Waals surface area (Å²) >= 11 is 6.04. The van der Waals surface area contributed by atoms with Gasteiger partial charge in [0.05, 0.1) is 11.3 Å². The van der Waals surface area contributed by atoms with E-state index in [4.69, 9.17) is 16.6 Å². The molecule has 0 aliphatic rings. The zero-order valence-corrected chi connectivity index (χ0v) is 15.6. The summed E-state index contributed by atoms with van der Waals surface area (Å²) in [7, 11) is 3.80. The van der Waals surface area contributed by atoms with Crippen LogP contribution < -0.4 is 4.90 Å². The van der Waals surface area contributed by atoms with Gasteiger partial charge in [-0.2, -0.15) is 0 Å². The van der Waals surface area contributed by atoms with Crippen molar-refractivity contribution in [2.24, 2.45) is 4.99 Å². The highest BCUT2D eigenvalue weighted by atomic mass is 35.5. The van der Waals surface area contributed by atoms with Crippen molar-refractivity contribution in [1.29, 1.82) is 0 Å². The number of imidazole rings is 1. The number of hydrogen-bond acceptors (Lipinski definition) is 5. The minimum atomic E-state index is 0.644. The molecular weight excluding hydrogens is 348 g/mol. The van der Waals surface area contributed by atoms with E-state index in [9.17, 15) is 0 Å². The summed E-state index contributed by atoms with van der Waals surface area (Å²) in [6.07, 6.45) is 7.00. The van der Waals surface area contributed by atoms with Gasteiger partial charge in [-0.1, -0.05) is 11.6 Å². The van der Waals surface area contributed by atoms with Gasteiger partial charge in [0.25, 0.3) is 0 Å². The first-order chi connectivity index (χ1) is 12.5. The van der Waals surface area contributed by atoms with Gasteiger partial charge in [-0.25, -0.2) is 15.0 Å². The average molecular weight is 367 g/mol. The number of benzene rings is 1. The van der Waals surface area contributed by atoms with E-state index in [0.717, 1.165) is 28.5 Å². The molecule has 2 heterocycles. The number of aliphatic imine (C=N–C) groups is 1. The smallest absolute Gasteiger partial charge is 0.224 e. The Balaban J connectivity index is 2.17. The van der Waals surface area contributed by atoms with E-state index >= 15 is 0 Å². The minimum Gasteiger partial charge on any atom is -0.347 e. The molecule has 7 heteroatoms. The summed E-state index contributed by atoms with van der Waals surface area (Å²) in [6, 6.07) is 7.61. The Morgan fingerprint density at radius 1 is 1.15 bits per heavy atom. The largest absolute Gasteiger partial charge is 0.347 e. The second-order valence-corrected chi connectivity index (χ2v) is 6.32. The average Bonchev–Trinajstić information content (AvgIpc) is 2.97. The van der Waals surface area contributed by atoms with Crippen molar-refractivity contribution in [3.05, 3.63) is 59.3 Å². The number of anilines is 1. The van der Waals surface area contributed by atoms with Gasteiger partial charge in [-0.3, -0.25) is 9.56 Å². The lowest BCUT2D eigenvalue weighted by Crippen LogP contribution is -2.12. The number of nitrogens with zero attached hydrogens (tertiary/aromatic N) is 6. The zero-order valence-electron chi connectivity index (χ0n) is 14.9. The van der Waals surface area contributed by atoms with Crippen LogP contribution in [0, 0.1) is 6.92 Å². The highest BCUT2D eigenvalue weighted by molar-refractivity contribution is 6.30. The Morgan fingerprint density at radius 3 is 2.38 bits per heavy atom. The van der Waals surface area contributed by atoms with Crippen LogP contribution in [-0.2, 0) is 0 Å². The van der Waals surface area contributed by atoms with Crippen molar-refractivity contribution in [1.82, 2.24) is 19.5 Å². The molecule has 3 rings (SSSR count). The van der Waals surface area contributed by atoms with Crippen LogP contribution in [0.3, 0.4) is 0 Å².